The average molecular weight is 528 g/mol. The highest BCUT2D eigenvalue weighted by Crippen LogP contribution is 2.58. The molecule has 1 unspecified atom stereocenters. The van der Waals surface area contributed by atoms with Gasteiger partial charge < -0.3 is 20.2 Å². The van der Waals surface area contributed by atoms with Crippen LogP contribution >= 0.6 is 0 Å². The number of aliphatic carboxylic acids is 1. The Bertz CT molecular complexity index is 967. The van der Waals surface area contributed by atoms with Gasteiger partial charge in [0.2, 0.25) is 5.91 Å². The minimum absolute atomic E-state index is 0.0204. The molecule has 3 amide bonds. The number of halogens is 3. The number of likely N-dealkylation sites (tertiary alicyclic amines) is 3. The Hall–Kier alpha value is -2.89. The highest BCUT2D eigenvalue weighted by atomic mass is 19.4. The molecule has 3 aliphatic rings. The second-order valence-electron chi connectivity index (χ2n) is 10.4. The lowest BCUT2D eigenvalue weighted by Gasteiger charge is -2.47. The second kappa shape index (κ2) is 11.2. The largest absolute Gasteiger partial charge is 0.490 e. The summed E-state index contributed by atoms with van der Waals surface area (Å²) in [6.45, 7) is 11.7. The fourth-order valence-corrected chi connectivity index (χ4v) is 5.94. The van der Waals surface area contributed by atoms with E-state index < -0.39 is 12.1 Å². The zero-order valence-corrected chi connectivity index (χ0v) is 21.6. The maximum atomic E-state index is 13.6. The summed E-state index contributed by atoms with van der Waals surface area (Å²) in [5.74, 6) is -2.42. The smallest absolute Gasteiger partial charge is 0.475 e. The lowest BCUT2D eigenvalue weighted by atomic mass is 9.60. The number of amides is 3. The molecule has 1 aromatic heterocycles. The first-order chi connectivity index (χ1) is 17.3. The Morgan fingerprint density at radius 1 is 1.16 bits per heavy atom. The normalized spacial score (nSPS) is 23.5. The number of aromatic nitrogens is 1. The molecule has 0 aromatic carbocycles. The number of piperidine rings is 1. The summed E-state index contributed by atoms with van der Waals surface area (Å²) >= 11 is 0. The molecule has 206 valence electrons. The molecule has 0 bridgehead atoms. The van der Waals surface area contributed by atoms with Crippen molar-refractivity contribution in [3.05, 3.63) is 30.1 Å². The first kappa shape index (κ1) is 28.7. The van der Waals surface area contributed by atoms with E-state index in [1.54, 1.807) is 6.20 Å². The molecule has 1 atom stereocenters. The van der Waals surface area contributed by atoms with Crippen LogP contribution in [0.5, 0.6) is 0 Å². The van der Waals surface area contributed by atoms with Crippen molar-refractivity contribution >= 4 is 17.9 Å². The molecular weight excluding hydrogens is 491 g/mol. The average Bonchev–Trinajstić information content (AvgIpc) is 3.31. The van der Waals surface area contributed by atoms with Gasteiger partial charge in [-0.25, -0.2) is 9.59 Å². The molecule has 0 aliphatic carbocycles. The number of rotatable bonds is 4. The lowest BCUT2D eigenvalue weighted by molar-refractivity contribution is -0.192. The molecule has 0 saturated carbocycles. The van der Waals surface area contributed by atoms with Gasteiger partial charge in [-0.1, -0.05) is 6.07 Å². The molecule has 2 N–H and O–H groups in total. The first-order valence-electron chi connectivity index (χ1n) is 12.6. The topological polar surface area (TPSA) is 106 Å². The summed E-state index contributed by atoms with van der Waals surface area (Å²) in [5.41, 5.74) is 0.827. The summed E-state index contributed by atoms with van der Waals surface area (Å²) in [5, 5.41) is 10.1. The number of fused-ring (bicyclic) bond motifs is 1. The lowest BCUT2D eigenvalue weighted by Crippen LogP contribution is -2.55. The van der Waals surface area contributed by atoms with Gasteiger partial charge in [0.1, 0.15) is 0 Å². The zero-order chi connectivity index (χ0) is 27.4. The van der Waals surface area contributed by atoms with Crippen LogP contribution < -0.4 is 5.32 Å². The van der Waals surface area contributed by atoms with E-state index in [2.05, 4.69) is 28.2 Å². The molecule has 1 aromatic rings. The van der Waals surface area contributed by atoms with Crippen LogP contribution in [0.4, 0.5) is 18.0 Å². The van der Waals surface area contributed by atoms with Crippen LogP contribution in [0.15, 0.2) is 24.5 Å². The minimum Gasteiger partial charge on any atom is -0.475 e. The van der Waals surface area contributed by atoms with Crippen molar-refractivity contribution in [2.75, 3.05) is 39.3 Å². The van der Waals surface area contributed by atoms with E-state index >= 15 is 0 Å². The van der Waals surface area contributed by atoms with Gasteiger partial charge in [-0.15, -0.1) is 0 Å². The molecule has 37 heavy (non-hydrogen) atoms. The number of nitrogens with one attached hydrogen (secondary N) is 1. The second-order valence-corrected chi connectivity index (χ2v) is 10.4. The van der Waals surface area contributed by atoms with Crippen LogP contribution in [0, 0.1) is 10.8 Å². The Labute approximate surface area is 215 Å². The van der Waals surface area contributed by atoms with Gasteiger partial charge in [0.15, 0.2) is 0 Å². The van der Waals surface area contributed by atoms with Crippen LogP contribution in [-0.4, -0.2) is 94.2 Å². The number of carboxylic acid groups (broad SMARTS) is 1. The number of carbonyl (C=O) groups excluding carboxylic acids is 2. The number of hydrogen-bond donors (Lipinski definition) is 2. The number of pyridine rings is 1. The molecule has 9 nitrogen and oxygen atoms in total. The molecule has 3 fully saturated rings. The third-order valence-electron chi connectivity index (χ3n) is 7.71. The number of carboxylic acids is 1. The van der Waals surface area contributed by atoms with E-state index in [-0.39, 0.29) is 22.9 Å². The number of nitrogens with zero attached hydrogens (tertiary/aromatic N) is 4. The predicted octanol–water partition coefficient (Wildman–Crippen LogP) is 2.97. The molecule has 4 rings (SSSR count). The van der Waals surface area contributed by atoms with Crippen molar-refractivity contribution < 1.29 is 32.7 Å². The summed E-state index contributed by atoms with van der Waals surface area (Å²) in [6.07, 6.45) is 1.36. The van der Waals surface area contributed by atoms with Crippen LogP contribution in [0.2, 0.25) is 0 Å². The van der Waals surface area contributed by atoms with Crippen molar-refractivity contribution in [1.82, 2.24) is 25.0 Å². The summed E-state index contributed by atoms with van der Waals surface area (Å²) in [4.78, 5) is 45.7. The van der Waals surface area contributed by atoms with E-state index in [4.69, 9.17) is 9.90 Å². The standard InChI is InChI=1S/C23H35N5O2.C2HF3O2/c1-4-27-13-9-23(20(27)29)17-26(15-19-6-5-10-24-14-19)16-22(23)7-11-28(12-8-22)21(30)25-18(2)3;3-2(4,5)1(6)7/h5-6,10,14,18H,4,7-9,11-13,15-17H2,1-3H3,(H,25,30);(H,6,7). The van der Waals surface area contributed by atoms with Gasteiger partial charge in [-0.05, 0) is 51.7 Å². The van der Waals surface area contributed by atoms with Gasteiger partial charge >= 0.3 is 18.2 Å². The molecule has 2 spiro atoms. The number of hydrogen-bond acceptors (Lipinski definition) is 5. The molecule has 4 heterocycles. The van der Waals surface area contributed by atoms with Crippen molar-refractivity contribution in [2.45, 2.75) is 58.8 Å². The van der Waals surface area contributed by atoms with Crippen LogP contribution in [0.3, 0.4) is 0 Å². The third kappa shape index (κ3) is 6.16. The highest BCUT2D eigenvalue weighted by molar-refractivity contribution is 5.87. The van der Waals surface area contributed by atoms with E-state index in [9.17, 15) is 22.8 Å². The van der Waals surface area contributed by atoms with Crippen LogP contribution in [-0.2, 0) is 16.1 Å². The molecule has 3 aliphatic heterocycles. The maximum Gasteiger partial charge on any atom is 0.490 e. The molecule has 12 heteroatoms. The minimum atomic E-state index is -5.08. The third-order valence-corrected chi connectivity index (χ3v) is 7.71. The highest BCUT2D eigenvalue weighted by Gasteiger charge is 2.64. The molecule has 3 saturated heterocycles. The molecular formula is C25H36F3N5O4. The Morgan fingerprint density at radius 2 is 1.81 bits per heavy atom. The van der Waals surface area contributed by atoms with E-state index in [1.807, 2.05) is 35.9 Å². The van der Waals surface area contributed by atoms with Crippen LogP contribution in [0.1, 0.15) is 45.6 Å². The first-order valence-corrected chi connectivity index (χ1v) is 12.6. The van der Waals surface area contributed by atoms with E-state index in [0.717, 1.165) is 65.1 Å². The fraction of sp³-hybridized carbons (Fsp3) is 0.680. The Morgan fingerprint density at radius 3 is 2.30 bits per heavy atom. The van der Waals surface area contributed by atoms with Gasteiger partial charge in [-0.2, -0.15) is 13.2 Å². The van der Waals surface area contributed by atoms with Crippen molar-refractivity contribution in [1.29, 1.82) is 0 Å². The SMILES string of the molecule is CCN1CCC2(CN(Cc3cccnc3)CC23CCN(C(=O)NC(C)C)CC3)C1=O.O=C(O)C(F)(F)F. The van der Waals surface area contributed by atoms with E-state index in [0.29, 0.717) is 5.91 Å². The van der Waals surface area contributed by atoms with Crippen molar-refractivity contribution in [3.63, 3.8) is 0 Å². The fourth-order valence-electron chi connectivity index (χ4n) is 5.94. The predicted molar refractivity (Wildman–Crippen MR) is 129 cm³/mol. The molecule has 0 radical (unpaired) electrons. The van der Waals surface area contributed by atoms with Gasteiger partial charge in [0.05, 0.1) is 5.41 Å². The van der Waals surface area contributed by atoms with Crippen molar-refractivity contribution in [3.8, 4) is 0 Å². The Kier molecular flexibility index (Phi) is 8.71. The van der Waals surface area contributed by atoms with Crippen LogP contribution in [0.25, 0.3) is 0 Å². The number of urea groups is 1. The summed E-state index contributed by atoms with van der Waals surface area (Å²) < 4.78 is 31.7. The summed E-state index contributed by atoms with van der Waals surface area (Å²) in [7, 11) is 0. The van der Waals surface area contributed by atoms with Gasteiger partial charge in [0, 0.05) is 69.7 Å². The summed E-state index contributed by atoms with van der Waals surface area (Å²) in [6, 6.07) is 4.24. The van der Waals surface area contributed by atoms with Crippen molar-refractivity contribution in [2.24, 2.45) is 10.8 Å². The Balaban J connectivity index is 0.000000479. The number of alkyl halides is 3. The number of carbonyl (C=O) groups is 3. The maximum absolute atomic E-state index is 13.6. The van der Waals surface area contributed by atoms with E-state index in [1.165, 1.54) is 5.56 Å². The quantitative estimate of drug-likeness (QED) is 0.624. The van der Waals surface area contributed by atoms with Gasteiger partial charge in [0.25, 0.3) is 0 Å². The zero-order valence-electron chi connectivity index (χ0n) is 21.6. The monoisotopic (exact) mass is 527 g/mol. The van der Waals surface area contributed by atoms with Gasteiger partial charge in [-0.3, -0.25) is 14.7 Å².